The van der Waals surface area contributed by atoms with E-state index in [0.29, 0.717) is 17.1 Å². The van der Waals surface area contributed by atoms with Crippen molar-refractivity contribution in [2.24, 2.45) is 0 Å². The zero-order valence-corrected chi connectivity index (χ0v) is 15.3. The van der Waals surface area contributed by atoms with Gasteiger partial charge in [0, 0.05) is 5.56 Å². The number of rotatable bonds is 7. The first-order valence-electron chi connectivity index (χ1n) is 8.24. The SMILES string of the molecule is COc1ccc(C(=O)NC(C)c2ccc(OC(C)C)cc2)cc1OC. The third-order valence-corrected chi connectivity index (χ3v) is 3.75. The van der Waals surface area contributed by atoms with Crippen molar-refractivity contribution in [1.29, 1.82) is 0 Å². The van der Waals surface area contributed by atoms with Crippen LogP contribution in [0.4, 0.5) is 0 Å². The number of ether oxygens (including phenoxy) is 3. The summed E-state index contributed by atoms with van der Waals surface area (Å²) in [7, 11) is 3.11. The van der Waals surface area contributed by atoms with Crippen molar-refractivity contribution in [3.05, 3.63) is 53.6 Å². The number of hydrogen-bond donors (Lipinski definition) is 1. The maximum atomic E-state index is 12.5. The van der Waals surface area contributed by atoms with Gasteiger partial charge in [-0.15, -0.1) is 0 Å². The van der Waals surface area contributed by atoms with Gasteiger partial charge in [-0.25, -0.2) is 0 Å². The predicted octanol–water partition coefficient (Wildman–Crippen LogP) is 3.98. The summed E-state index contributed by atoms with van der Waals surface area (Å²) in [6.45, 7) is 5.91. The van der Waals surface area contributed by atoms with Crippen LogP contribution in [0, 0.1) is 0 Å². The molecule has 0 fully saturated rings. The molecule has 25 heavy (non-hydrogen) atoms. The maximum absolute atomic E-state index is 12.5. The lowest BCUT2D eigenvalue weighted by Gasteiger charge is -2.16. The Morgan fingerprint density at radius 3 is 2.12 bits per heavy atom. The Morgan fingerprint density at radius 1 is 0.920 bits per heavy atom. The van der Waals surface area contributed by atoms with Gasteiger partial charge in [-0.2, -0.15) is 0 Å². The van der Waals surface area contributed by atoms with Crippen LogP contribution in [0.3, 0.4) is 0 Å². The summed E-state index contributed by atoms with van der Waals surface area (Å²) in [4.78, 5) is 12.5. The van der Waals surface area contributed by atoms with Gasteiger partial charge >= 0.3 is 0 Å². The fraction of sp³-hybridized carbons (Fsp3) is 0.350. The number of methoxy groups -OCH3 is 2. The highest BCUT2D eigenvalue weighted by atomic mass is 16.5. The van der Waals surface area contributed by atoms with Crippen LogP contribution < -0.4 is 19.5 Å². The standard InChI is InChI=1S/C20H25NO4/c1-13(2)25-17-9-6-15(7-10-17)14(3)21-20(22)16-8-11-18(23-4)19(12-16)24-5/h6-14H,1-5H3,(H,21,22). The highest BCUT2D eigenvalue weighted by Gasteiger charge is 2.14. The van der Waals surface area contributed by atoms with Crippen LogP contribution in [-0.2, 0) is 0 Å². The summed E-state index contributed by atoms with van der Waals surface area (Å²) in [6.07, 6.45) is 0.132. The van der Waals surface area contributed by atoms with Crippen molar-refractivity contribution >= 4 is 5.91 Å². The smallest absolute Gasteiger partial charge is 0.251 e. The van der Waals surface area contributed by atoms with E-state index in [-0.39, 0.29) is 18.1 Å². The van der Waals surface area contributed by atoms with Crippen molar-refractivity contribution in [3.63, 3.8) is 0 Å². The van der Waals surface area contributed by atoms with Gasteiger partial charge in [0.2, 0.25) is 0 Å². The summed E-state index contributed by atoms with van der Waals surface area (Å²) < 4.78 is 16.1. The molecular weight excluding hydrogens is 318 g/mol. The first-order chi connectivity index (χ1) is 11.9. The van der Waals surface area contributed by atoms with Crippen molar-refractivity contribution in [2.75, 3.05) is 14.2 Å². The lowest BCUT2D eigenvalue weighted by molar-refractivity contribution is 0.0939. The monoisotopic (exact) mass is 343 g/mol. The first-order valence-corrected chi connectivity index (χ1v) is 8.24. The number of carbonyl (C=O) groups excluding carboxylic acids is 1. The van der Waals surface area contributed by atoms with Crippen molar-refractivity contribution in [3.8, 4) is 17.2 Å². The third-order valence-electron chi connectivity index (χ3n) is 3.75. The first kappa shape index (κ1) is 18.6. The normalized spacial score (nSPS) is 11.8. The van der Waals surface area contributed by atoms with E-state index in [4.69, 9.17) is 14.2 Å². The molecule has 1 N–H and O–H groups in total. The molecule has 0 aliphatic rings. The second-order valence-electron chi connectivity index (χ2n) is 6.00. The molecule has 0 saturated heterocycles. The van der Waals surface area contributed by atoms with Crippen molar-refractivity contribution in [1.82, 2.24) is 5.32 Å². The van der Waals surface area contributed by atoms with Gasteiger partial charge in [0.1, 0.15) is 5.75 Å². The highest BCUT2D eigenvalue weighted by Crippen LogP contribution is 2.28. The van der Waals surface area contributed by atoms with E-state index in [2.05, 4.69) is 5.32 Å². The Kier molecular flexibility index (Phi) is 6.28. The van der Waals surface area contributed by atoms with Gasteiger partial charge in [0.05, 0.1) is 26.4 Å². The lowest BCUT2D eigenvalue weighted by atomic mass is 10.1. The number of hydrogen-bond acceptors (Lipinski definition) is 4. The predicted molar refractivity (Wildman–Crippen MR) is 97.6 cm³/mol. The molecule has 0 spiro atoms. The van der Waals surface area contributed by atoms with Gasteiger partial charge in [-0.1, -0.05) is 12.1 Å². The summed E-state index contributed by atoms with van der Waals surface area (Å²) in [5.74, 6) is 1.76. The zero-order valence-electron chi connectivity index (χ0n) is 15.3. The summed E-state index contributed by atoms with van der Waals surface area (Å²) in [5, 5.41) is 2.99. The van der Waals surface area contributed by atoms with Crippen LogP contribution >= 0.6 is 0 Å². The summed E-state index contributed by atoms with van der Waals surface area (Å²) >= 11 is 0. The lowest BCUT2D eigenvalue weighted by Crippen LogP contribution is -2.26. The molecule has 0 aromatic heterocycles. The van der Waals surface area contributed by atoms with Crippen LogP contribution in [-0.4, -0.2) is 26.2 Å². The fourth-order valence-electron chi connectivity index (χ4n) is 2.45. The minimum atomic E-state index is -0.170. The molecule has 0 aliphatic carbocycles. The molecule has 2 aromatic carbocycles. The Labute approximate surface area is 148 Å². The molecule has 1 unspecified atom stereocenters. The molecule has 0 saturated carbocycles. The molecule has 0 bridgehead atoms. The van der Waals surface area contributed by atoms with Crippen LogP contribution in [0.1, 0.15) is 42.7 Å². The van der Waals surface area contributed by atoms with Crippen LogP contribution in [0.25, 0.3) is 0 Å². The second-order valence-corrected chi connectivity index (χ2v) is 6.00. The van der Waals surface area contributed by atoms with Gasteiger partial charge in [0.15, 0.2) is 11.5 Å². The fourth-order valence-corrected chi connectivity index (χ4v) is 2.45. The molecule has 2 rings (SSSR count). The van der Waals surface area contributed by atoms with Gasteiger partial charge in [0.25, 0.3) is 5.91 Å². The summed E-state index contributed by atoms with van der Waals surface area (Å²) in [5.41, 5.74) is 1.52. The largest absolute Gasteiger partial charge is 0.493 e. The molecule has 134 valence electrons. The van der Waals surface area contributed by atoms with E-state index in [9.17, 15) is 4.79 Å². The molecule has 5 heteroatoms. The Morgan fingerprint density at radius 2 is 1.56 bits per heavy atom. The highest BCUT2D eigenvalue weighted by molar-refractivity contribution is 5.95. The van der Waals surface area contributed by atoms with E-state index in [0.717, 1.165) is 11.3 Å². The number of carbonyl (C=O) groups is 1. The van der Waals surface area contributed by atoms with E-state index < -0.39 is 0 Å². The van der Waals surface area contributed by atoms with Crippen molar-refractivity contribution < 1.29 is 19.0 Å². The Balaban J connectivity index is 2.06. The van der Waals surface area contributed by atoms with Crippen LogP contribution in [0.5, 0.6) is 17.2 Å². The van der Waals surface area contributed by atoms with Gasteiger partial charge < -0.3 is 19.5 Å². The Hall–Kier alpha value is -2.69. The van der Waals surface area contributed by atoms with Gasteiger partial charge in [-0.05, 0) is 56.7 Å². The average Bonchev–Trinajstić information content (AvgIpc) is 2.61. The molecule has 2 aromatic rings. The molecule has 5 nitrogen and oxygen atoms in total. The Bertz CT molecular complexity index is 710. The number of amides is 1. The topological polar surface area (TPSA) is 56.8 Å². The number of benzene rings is 2. The quantitative estimate of drug-likeness (QED) is 0.826. The summed E-state index contributed by atoms with van der Waals surface area (Å²) in [6, 6.07) is 12.7. The van der Waals surface area contributed by atoms with Gasteiger partial charge in [-0.3, -0.25) is 4.79 Å². The van der Waals surface area contributed by atoms with Crippen molar-refractivity contribution in [2.45, 2.75) is 32.9 Å². The van der Waals surface area contributed by atoms with E-state index >= 15 is 0 Å². The second kappa shape index (κ2) is 8.42. The van der Waals surface area contributed by atoms with E-state index in [1.807, 2.05) is 45.0 Å². The number of nitrogens with one attached hydrogen (secondary N) is 1. The maximum Gasteiger partial charge on any atom is 0.251 e. The van der Waals surface area contributed by atoms with Crippen LogP contribution in [0.15, 0.2) is 42.5 Å². The molecule has 1 atom stereocenters. The molecular formula is C20H25NO4. The molecule has 1 amide bonds. The zero-order chi connectivity index (χ0) is 18.4. The molecule has 0 heterocycles. The molecule has 0 aliphatic heterocycles. The van der Waals surface area contributed by atoms with E-state index in [1.54, 1.807) is 32.4 Å². The minimum Gasteiger partial charge on any atom is -0.493 e. The average molecular weight is 343 g/mol. The molecule has 0 radical (unpaired) electrons. The van der Waals surface area contributed by atoms with E-state index in [1.165, 1.54) is 0 Å². The third kappa shape index (κ3) is 4.89. The minimum absolute atomic E-state index is 0.131. The van der Waals surface area contributed by atoms with Crippen LogP contribution in [0.2, 0.25) is 0 Å².